The van der Waals surface area contributed by atoms with E-state index in [0.717, 1.165) is 5.56 Å². The van der Waals surface area contributed by atoms with E-state index in [-0.39, 0.29) is 18.0 Å². The number of nitrogens with one attached hydrogen (secondary N) is 1. The van der Waals surface area contributed by atoms with Gasteiger partial charge in [-0.1, -0.05) is 0 Å². The van der Waals surface area contributed by atoms with E-state index in [1.54, 1.807) is 12.3 Å². The van der Waals surface area contributed by atoms with Gasteiger partial charge >= 0.3 is 0 Å². The van der Waals surface area contributed by atoms with Crippen LogP contribution in [0.3, 0.4) is 0 Å². The molecule has 11 heavy (non-hydrogen) atoms. The van der Waals surface area contributed by atoms with Crippen molar-refractivity contribution in [2.45, 2.75) is 6.61 Å². The van der Waals surface area contributed by atoms with Crippen molar-refractivity contribution >= 4 is 12.4 Å². The quantitative estimate of drug-likeness (QED) is 0.632. The first-order valence-corrected chi connectivity index (χ1v) is 2.82. The van der Waals surface area contributed by atoms with Crippen molar-refractivity contribution in [3.63, 3.8) is 0 Å². The molecule has 0 bridgehead atoms. The molecule has 0 spiro atoms. The lowest BCUT2D eigenvalue weighted by atomic mass is 10.3. The Morgan fingerprint density at radius 3 is 2.73 bits per heavy atom. The summed E-state index contributed by atoms with van der Waals surface area (Å²) in [6.07, 6.45) is 1.56. The zero-order valence-electron chi connectivity index (χ0n) is 5.74. The highest BCUT2D eigenvalue weighted by Gasteiger charge is 1.88. The summed E-state index contributed by atoms with van der Waals surface area (Å²) in [4.78, 5) is 17.3. The molecule has 0 aliphatic carbocycles. The topological polar surface area (TPSA) is 68.1 Å². The van der Waals surface area contributed by atoms with E-state index in [2.05, 4.69) is 9.82 Å². The summed E-state index contributed by atoms with van der Waals surface area (Å²) in [7, 11) is 0. The number of hydrogen-bond donors (Lipinski definition) is 2. The fraction of sp³-hybridized carbons (Fsp3) is 0.167. The van der Waals surface area contributed by atoms with Crippen molar-refractivity contribution < 1.29 is 4.84 Å². The Labute approximate surface area is 69.7 Å². The number of pyridine rings is 1. The average molecular weight is 177 g/mol. The van der Waals surface area contributed by atoms with Crippen LogP contribution in [0.4, 0.5) is 0 Å². The zero-order valence-corrected chi connectivity index (χ0v) is 6.56. The highest BCUT2D eigenvalue weighted by molar-refractivity contribution is 5.85. The number of rotatable bonds is 2. The molecule has 3 N–H and O–H groups in total. The SMILES string of the molecule is Cl.NOCc1ccc(=O)[nH]c1. The minimum atomic E-state index is -0.124. The van der Waals surface area contributed by atoms with Crippen LogP contribution in [-0.2, 0) is 11.4 Å². The van der Waals surface area contributed by atoms with Gasteiger partial charge in [0.25, 0.3) is 0 Å². The Bertz CT molecular complexity index is 241. The summed E-state index contributed by atoms with van der Waals surface area (Å²) in [6, 6.07) is 3.08. The summed E-state index contributed by atoms with van der Waals surface area (Å²) in [5, 5.41) is 0. The molecule has 0 fully saturated rings. The highest BCUT2D eigenvalue weighted by Crippen LogP contribution is 1.92. The van der Waals surface area contributed by atoms with Gasteiger partial charge in [-0.15, -0.1) is 12.4 Å². The van der Waals surface area contributed by atoms with Crippen LogP contribution in [0, 0.1) is 0 Å². The van der Waals surface area contributed by atoms with E-state index in [9.17, 15) is 4.79 Å². The molecule has 0 aromatic carbocycles. The summed E-state index contributed by atoms with van der Waals surface area (Å²) in [5.74, 6) is 4.81. The van der Waals surface area contributed by atoms with Crippen molar-refractivity contribution in [1.29, 1.82) is 0 Å². The van der Waals surface area contributed by atoms with Gasteiger partial charge in [0.2, 0.25) is 5.56 Å². The van der Waals surface area contributed by atoms with Crippen LogP contribution in [0.15, 0.2) is 23.1 Å². The van der Waals surface area contributed by atoms with Crippen molar-refractivity contribution in [3.05, 3.63) is 34.2 Å². The van der Waals surface area contributed by atoms with Crippen LogP contribution < -0.4 is 11.5 Å². The van der Waals surface area contributed by atoms with Gasteiger partial charge in [-0.3, -0.25) is 9.63 Å². The Balaban J connectivity index is 0.000001000. The summed E-state index contributed by atoms with van der Waals surface area (Å²) in [5.41, 5.74) is 0.725. The van der Waals surface area contributed by atoms with Gasteiger partial charge < -0.3 is 4.98 Å². The van der Waals surface area contributed by atoms with Gasteiger partial charge in [-0.2, -0.15) is 0 Å². The van der Waals surface area contributed by atoms with Crippen molar-refractivity contribution in [1.82, 2.24) is 4.98 Å². The maximum absolute atomic E-state index is 10.5. The third-order valence-electron chi connectivity index (χ3n) is 1.10. The number of aromatic amines is 1. The largest absolute Gasteiger partial charge is 0.329 e. The molecule has 1 heterocycles. The van der Waals surface area contributed by atoms with E-state index in [1.807, 2.05) is 0 Å². The van der Waals surface area contributed by atoms with Crippen molar-refractivity contribution in [3.8, 4) is 0 Å². The second-order valence-electron chi connectivity index (χ2n) is 1.87. The highest BCUT2D eigenvalue weighted by atomic mass is 35.5. The third kappa shape index (κ3) is 3.18. The standard InChI is InChI=1S/C6H8N2O2.ClH/c7-10-4-5-1-2-6(9)8-3-5;/h1-3H,4,7H2,(H,8,9);1H. The molecule has 0 saturated carbocycles. The van der Waals surface area contributed by atoms with Gasteiger partial charge in [0.1, 0.15) is 0 Å². The van der Waals surface area contributed by atoms with E-state index >= 15 is 0 Å². The predicted molar refractivity (Wildman–Crippen MR) is 43.3 cm³/mol. The minimum Gasteiger partial charge on any atom is -0.329 e. The lowest BCUT2D eigenvalue weighted by Gasteiger charge is -1.94. The molecular formula is C6H9ClN2O2. The molecule has 0 unspecified atom stereocenters. The van der Waals surface area contributed by atoms with Crippen LogP contribution >= 0.6 is 12.4 Å². The average Bonchev–Trinajstić information content (AvgIpc) is 1.95. The van der Waals surface area contributed by atoms with Crippen LogP contribution in [0.1, 0.15) is 5.56 Å². The Morgan fingerprint density at radius 1 is 1.55 bits per heavy atom. The molecule has 1 rings (SSSR count). The summed E-state index contributed by atoms with van der Waals surface area (Å²) in [6.45, 7) is 0.316. The molecule has 0 amide bonds. The normalized spacial score (nSPS) is 8.82. The molecule has 1 aromatic rings. The monoisotopic (exact) mass is 176 g/mol. The van der Waals surface area contributed by atoms with E-state index in [1.165, 1.54) is 6.07 Å². The van der Waals surface area contributed by atoms with Crippen molar-refractivity contribution in [2.24, 2.45) is 5.90 Å². The second-order valence-corrected chi connectivity index (χ2v) is 1.87. The third-order valence-corrected chi connectivity index (χ3v) is 1.10. The van der Waals surface area contributed by atoms with E-state index in [4.69, 9.17) is 5.90 Å². The first kappa shape index (κ1) is 10.2. The fourth-order valence-corrected chi connectivity index (χ4v) is 0.629. The molecule has 0 radical (unpaired) electrons. The number of aromatic nitrogens is 1. The predicted octanol–water partition coefficient (Wildman–Crippen LogP) is 0.187. The smallest absolute Gasteiger partial charge is 0.247 e. The summed E-state index contributed by atoms with van der Waals surface area (Å²) < 4.78 is 0. The van der Waals surface area contributed by atoms with E-state index < -0.39 is 0 Å². The minimum absolute atomic E-state index is 0. The zero-order chi connectivity index (χ0) is 7.40. The lowest BCUT2D eigenvalue weighted by Crippen LogP contribution is -2.05. The molecule has 5 heteroatoms. The number of H-pyrrole nitrogens is 1. The molecular weight excluding hydrogens is 168 g/mol. The molecule has 4 nitrogen and oxygen atoms in total. The molecule has 0 saturated heterocycles. The van der Waals surface area contributed by atoms with Gasteiger partial charge in [-0.05, 0) is 11.6 Å². The van der Waals surface area contributed by atoms with Gasteiger partial charge in [0, 0.05) is 12.3 Å². The molecule has 0 aliphatic heterocycles. The Morgan fingerprint density at radius 2 is 2.27 bits per heavy atom. The fourth-order valence-electron chi connectivity index (χ4n) is 0.629. The van der Waals surface area contributed by atoms with Crippen LogP contribution in [0.25, 0.3) is 0 Å². The Kier molecular flexibility index (Phi) is 4.52. The summed E-state index contributed by atoms with van der Waals surface area (Å²) >= 11 is 0. The maximum Gasteiger partial charge on any atom is 0.247 e. The molecule has 1 aromatic heterocycles. The van der Waals surface area contributed by atoms with Gasteiger partial charge in [-0.25, -0.2) is 5.90 Å². The molecule has 0 atom stereocenters. The molecule has 62 valence electrons. The lowest BCUT2D eigenvalue weighted by molar-refractivity contribution is 0.124. The van der Waals surface area contributed by atoms with E-state index in [0.29, 0.717) is 6.61 Å². The second kappa shape index (κ2) is 4.90. The van der Waals surface area contributed by atoms with Crippen LogP contribution in [0.5, 0.6) is 0 Å². The van der Waals surface area contributed by atoms with Gasteiger partial charge in [0.15, 0.2) is 0 Å². The van der Waals surface area contributed by atoms with Gasteiger partial charge in [0.05, 0.1) is 6.61 Å². The Hall–Kier alpha value is -0.840. The first-order chi connectivity index (χ1) is 4.83. The van der Waals surface area contributed by atoms with Crippen molar-refractivity contribution in [2.75, 3.05) is 0 Å². The van der Waals surface area contributed by atoms with Crippen LogP contribution in [0.2, 0.25) is 0 Å². The number of nitrogens with two attached hydrogens (primary N) is 1. The first-order valence-electron chi connectivity index (χ1n) is 2.82. The number of hydrogen-bond acceptors (Lipinski definition) is 3. The number of halogens is 1. The van der Waals surface area contributed by atoms with Crippen LogP contribution in [-0.4, -0.2) is 4.98 Å². The molecule has 0 aliphatic rings. The maximum atomic E-state index is 10.5.